The number of halogens is 1. The highest BCUT2D eigenvalue weighted by atomic mass is 19.1. The second-order valence-electron chi connectivity index (χ2n) is 5.59. The van der Waals surface area contributed by atoms with E-state index in [-0.39, 0.29) is 12.5 Å². The normalized spacial score (nSPS) is 11.9. The van der Waals surface area contributed by atoms with Gasteiger partial charge in [-0.1, -0.05) is 6.07 Å². The molecule has 1 aromatic heterocycles. The van der Waals surface area contributed by atoms with Gasteiger partial charge in [-0.3, -0.25) is 9.78 Å². The zero-order valence-corrected chi connectivity index (χ0v) is 13.5. The molecule has 1 aliphatic heterocycles. The zero-order valence-electron chi connectivity index (χ0n) is 13.5. The number of ether oxygens (including phenoxy) is 2. The summed E-state index contributed by atoms with van der Waals surface area (Å²) in [5.41, 5.74) is 2.05. The third-order valence-electron chi connectivity index (χ3n) is 3.74. The molecule has 7 heteroatoms. The Morgan fingerprint density at radius 2 is 1.81 bits per heavy atom. The number of carbonyl (C=O) groups is 1. The van der Waals surface area contributed by atoms with Crippen molar-refractivity contribution in [2.24, 2.45) is 0 Å². The van der Waals surface area contributed by atoms with Crippen molar-refractivity contribution in [1.29, 1.82) is 0 Å². The summed E-state index contributed by atoms with van der Waals surface area (Å²) in [5, 5.41) is 5.80. The third-order valence-corrected chi connectivity index (χ3v) is 3.74. The van der Waals surface area contributed by atoms with Crippen LogP contribution in [0.5, 0.6) is 11.5 Å². The quantitative estimate of drug-likeness (QED) is 0.745. The molecule has 130 valence electrons. The van der Waals surface area contributed by atoms with Gasteiger partial charge in [0.1, 0.15) is 11.5 Å². The lowest BCUT2D eigenvalue weighted by Crippen LogP contribution is -2.13. The molecule has 0 saturated heterocycles. The minimum absolute atomic E-state index is 0.207. The van der Waals surface area contributed by atoms with E-state index < -0.39 is 11.7 Å². The number of pyridine rings is 1. The zero-order chi connectivity index (χ0) is 17.9. The van der Waals surface area contributed by atoms with Crippen LogP contribution in [-0.4, -0.2) is 17.7 Å². The van der Waals surface area contributed by atoms with E-state index in [1.54, 1.807) is 18.2 Å². The predicted molar refractivity (Wildman–Crippen MR) is 94.4 cm³/mol. The average Bonchev–Trinajstić information content (AvgIpc) is 3.10. The van der Waals surface area contributed by atoms with Gasteiger partial charge in [-0.05, 0) is 42.5 Å². The fourth-order valence-electron chi connectivity index (χ4n) is 2.53. The van der Waals surface area contributed by atoms with Gasteiger partial charge in [0, 0.05) is 29.3 Å². The van der Waals surface area contributed by atoms with Crippen molar-refractivity contribution in [2.75, 3.05) is 17.4 Å². The van der Waals surface area contributed by atoms with Crippen LogP contribution in [0.1, 0.15) is 10.5 Å². The molecule has 0 unspecified atom stereocenters. The van der Waals surface area contributed by atoms with Crippen LogP contribution in [0.15, 0.2) is 60.8 Å². The van der Waals surface area contributed by atoms with Crippen molar-refractivity contribution in [3.8, 4) is 11.5 Å². The lowest BCUT2D eigenvalue weighted by atomic mass is 10.2. The van der Waals surface area contributed by atoms with Crippen molar-refractivity contribution >= 4 is 23.0 Å². The molecule has 1 aliphatic rings. The van der Waals surface area contributed by atoms with Crippen LogP contribution < -0.4 is 20.1 Å². The maximum Gasteiger partial charge on any atom is 0.274 e. The minimum atomic E-state index is -0.426. The Labute approximate surface area is 148 Å². The number of nitrogens with one attached hydrogen (secondary N) is 2. The van der Waals surface area contributed by atoms with Crippen molar-refractivity contribution < 1.29 is 18.7 Å². The molecule has 0 spiro atoms. The number of fused-ring (bicyclic) bond motifs is 1. The van der Waals surface area contributed by atoms with Crippen LogP contribution in [0.2, 0.25) is 0 Å². The summed E-state index contributed by atoms with van der Waals surface area (Å²) >= 11 is 0. The number of nitrogens with zero attached hydrogens (tertiary/aromatic N) is 1. The monoisotopic (exact) mass is 351 g/mol. The smallest absolute Gasteiger partial charge is 0.274 e. The molecule has 2 aromatic carbocycles. The maximum absolute atomic E-state index is 13.2. The molecule has 2 N–H and O–H groups in total. The molecule has 0 aliphatic carbocycles. The molecular weight excluding hydrogens is 337 g/mol. The molecular formula is C19H14FN3O3. The van der Waals surface area contributed by atoms with E-state index in [0.29, 0.717) is 22.9 Å². The molecule has 6 nitrogen and oxygen atoms in total. The lowest BCUT2D eigenvalue weighted by Gasteiger charge is -2.09. The molecule has 4 rings (SSSR count). The van der Waals surface area contributed by atoms with Crippen LogP contribution in [0.4, 0.5) is 21.5 Å². The Bertz CT molecular complexity index is 978. The van der Waals surface area contributed by atoms with Crippen LogP contribution in [0, 0.1) is 5.82 Å². The van der Waals surface area contributed by atoms with Gasteiger partial charge in [-0.2, -0.15) is 0 Å². The molecule has 0 fully saturated rings. The third kappa shape index (κ3) is 3.41. The number of amides is 1. The fraction of sp³-hybridized carbons (Fsp3) is 0.0526. The standard InChI is InChI=1S/C19H14FN3O3/c20-12-2-1-3-13(8-12)23-19(24)16-9-15(6-7-21-16)22-14-4-5-17-18(10-14)26-11-25-17/h1-10H,11H2,(H,21,22)(H,23,24). The first-order chi connectivity index (χ1) is 12.7. The number of benzene rings is 2. The summed E-state index contributed by atoms with van der Waals surface area (Å²) in [4.78, 5) is 16.4. The number of rotatable bonds is 4. The van der Waals surface area contributed by atoms with Gasteiger partial charge in [-0.15, -0.1) is 0 Å². The number of carbonyl (C=O) groups excluding carboxylic acids is 1. The molecule has 0 saturated carbocycles. The first-order valence-corrected chi connectivity index (χ1v) is 7.87. The van der Waals surface area contributed by atoms with Gasteiger partial charge >= 0.3 is 0 Å². The Morgan fingerprint density at radius 1 is 0.962 bits per heavy atom. The van der Waals surface area contributed by atoms with Crippen molar-refractivity contribution in [3.63, 3.8) is 0 Å². The number of anilines is 3. The van der Waals surface area contributed by atoms with Gasteiger partial charge in [0.15, 0.2) is 11.5 Å². The summed E-state index contributed by atoms with van der Waals surface area (Å²) in [7, 11) is 0. The average molecular weight is 351 g/mol. The number of hydrogen-bond acceptors (Lipinski definition) is 5. The Kier molecular flexibility index (Phi) is 4.10. The van der Waals surface area contributed by atoms with Gasteiger partial charge < -0.3 is 20.1 Å². The van der Waals surface area contributed by atoms with E-state index in [4.69, 9.17) is 9.47 Å². The number of aromatic nitrogens is 1. The van der Waals surface area contributed by atoms with Gasteiger partial charge in [-0.25, -0.2) is 4.39 Å². The minimum Gasteiger partial charge on any atom is -0.454 e. The predicted octanol–water partition coefficient (Wildman–Crippen LogP) is 3.95. The molecule has 3 aromatic rings. The topological polar surface area (TPSA) is 72.5 Å². The van der Waals surface area contributed by atoms with Gasteiger partial charge in [0.25, 0.3) is 5.91 Å². The lowest BCUT2D eigenvalue weighted by molar-refractivity contribution is 0.102. The second kappa shape index (κ2) is 6.72. The van der Waals surface area contributed by atoms with E-state index in [1.807, 2.05) is 18.2 Å². The molecule has 0 atom stereocenters. The molecule has 2 heterocycles. The largest absolute Gasteiger partial charge is 0.454 e. The van der Waals surface area contributed by atoms with Crippen LogP contribution in [-0.2, 0) is 0 Å². The molecule has 0 bridgehead atoms. The summed E-state index contributed by atoms with van der Waals surface area (Å²) in [6.07, 6.45) is 1.52. The first-order valence-electron chi connectivity index (χ1n) is 7.87. The van der Waals surface area contributed by atoms with Gasteiger partial charge in [0.2, 0.25) is 6.79 Å². The molecule has 26 heavy (non-hydrogen) atoms. The Balaban J connectivity index is 1.50. The first kappa shape index (κ1) is 15.9. The molecule has 1 amide bonds. The van der Waals surface area contributed by atoms with Crippen LogP contribution >= 0.6 is 0 Å². The summed E-state index contributed by atoms with van der Waals surface area (Å²) < 4.78 is 23.9. The molecule has 0 radical (unpaired) electrons. The summed E-state index contributed by atoms with van der Waals surface area (Å²) in [6, 6.07) is 14.5. The van der Waals surface area contributed by atoms with Crippen molar-refractivity contribution in [1.82, 2.24) is 4.98 Å². The van der Waals surface area contributed by atoms with Gasteiger partial charge in [0.05, 0.1) is 0 Å². The highest BCUT2D eigenvalue weighted by molar-refractivity contribution is 6.03. The summed E-state index contributed by atoms with van der Waals surface area (Å²) in [6.45, 7) is 0.207. The maximum atomic E-state index is 13.2. The SMILES string of the molecule is O=C(Nc1cccc(F)c1)c1cc(Nc2ccc3c(c2)OCO3)ccn1. The highest BCUT2D eigenvalue weighted by Gasteiger charge is 2.14. The van der Waals surface area contributed by atoms with Crippen LogP contribution in [0.25, 0.3) is 0 Å². The van der Waals surface area contributed by atoms with E-state index >= 15 is 0 Å². The van der Waals surface area contributed by atoms with E-state index in [9.17, 15) is 9.18 Å². The second-order valence-corrected chi connectivity index (χ2v) is 5.59. The highest BCUT2D eigenvalue weighted by Crippen LogP contribution is 2.35. The Morgan fingerprint density at radius 3 is 2.69 bits per heavy atom. The van der Waals surface area contributed by atoms with Crippen molar-refractivity contribution in [3.05, 3.63) is 72.3 Å². The van der Waals surface area contributed by atoms with E-state index in [1.165, 1.54) is 24.4 Å². The van der Waals surface area contributed by atoms with Crippen molar-refractivity contribution in [2.45, 2.75) is 0 Å². The van der Waals surface area contributed by atoms with E-state index in [2.05, 4.69) is 15.6 Å². The van der Waals surface area contributed by atoms with Crippen LogP contribution in [0.3, 0.4) is 0 Å². The fourth-order valence-corrected chi connectivity index (χ4v) is 2.53. The number of hydrogen-bond donors (Lipinski definition) is 2. The Hall–Kier alpha value is -3.61. The van der Waals surface area contributed by atoms with E-state index in [0.717, 1.165) is 5.69 Å². The summed E-state index contributed by atoms with van der Waals surface area (Å²) in [5.74, 6) is 0.507.